The lowest BCUT2D eigenvalue weighted by Gasteiger charge is -2.11. The number of amides is 1. The lowest BCUT2D eigenvalue weighted by atomic mass is 10.2. The number of carbonyl (C=O) groups is 1. The number of nitrogens with one attached hydrogen (secondary N) is 1. The van der Waals surface area contributed by atoms with Crippen LogP contribution in [0.4, 0.5) is 0 Å². The molecule has 0 fully saturated rings. The first kappa shape index (κ1) is 16.1. The molecule has 3 rings (SSSR count). The summed E-state index contributed by atoms with van der Waals surface area (Å²) in [6.07, 6.45) is 0. The van der Waals surface area contributed by atoms with Crippen LogP contribution in [0.3, 0.4) is 0 Å². The maximum atomic E-state index is 11.8. The van der Waals surface area contributed by atoms with Crippen LogP contribution in [-0.2, 0) is 4.79 Å². The van der Waals surface area contributed by atoms with E-state index in [4.69, 9.17) is 9.15 Å². The van der Waals surface area contributed by atoms with Gasteiger partial charge >= 0.3 is 0 Å². The van der Waals surface area contributed by atoms with Crippen LogP contribution < -0.4 is 10.1 Å². The highest BCUT2D eigenvalue weighted by atomic mass is 16.5. The molecule has 24 heavy (non-hydrogen) atoms. The number of rotatable bonds is 5. The largest absolute Gasteiger partial charge is 0.483 e. The van der Waals surface area contributed by atoms with Crippen molar-refractivity contribution >= 4 is 17.0 Å². The average molecular weight is 324 g/mol. The van der Waals surface area contributed by atoms with E-state index in [0.29, 0.717) is 11.6 Å². The van der Waals surface area contributed by atoms with Gasteiger partial charge in [-0.05, 0) is 50.6 Å². The van der Waals surface area contributed by atoms with Crippen molar-refractivity contribution in [2.45, 2.75) is 26.8 Å². The molecule has 1 amide bonds. The van der Waals surface area contributed by atoms with Crippen LogP contribution in [0.2, 0.25) is 0 Å². The number of para-hydroxylation sites is 1. The van der Waals surface area contributed by atoms with Gasteiger partial charge in [0.2, 0.25) is 5.89 Å². The van der Waals surface area contributed by atoms with Gasteiger partial charge in [0.1, 0.15) is 11.3 Å². The lowest BCUT2D eigenvalue weighted by Crippen LogP contribution is -2.34. The van der Waals surface area contributed by atoms with E-state index in [9.17, 15) is 4.79 Å². The maximum Gasteiger partial charge on any atom is 0.258 e. The zero-order valence-electron chi connectivity index (χ0n) is 14.0. The number of aryl methyl sites for hydroxylation is 1. The van der Waals surface area contributed by atoms with Crippen LogP contribution in [-0.4, -0.2) is 23.5 Å². The fourth-order valence-corrected chi connectivity index (χ4v) is 2.42. The number of fused-ring (bicyclic) bond motifs is 1. The van der Waals surface area contributed by atoms with E-state index >= 15 is 0 Å². The predicted molar refractivity (Wildman–Crippen MR) is 93.0 cm³/mol. The fourth-order valence-electron chi connectivity index (χ4n) is 2.42. The number of hydrogen-bond donors (Lipinski definition) is 1. The third-order valence-corrected chi connectivity index (χ3v) is 3.47. The summed E-state index contributed by atoms with van der Waals surface area (Å²) >= 11 is 0. The number of nitrogens with zero attached hydrogens (tertiary/aromatic N) is 1. The van der Waals surface area contributed by atoms with Crippen molar-refractivity contribution in [2.75, 3.05) is 6.61 Å². The van der Waals surface area contributed by atoms with Gasteiger partial charge in [0, 0.05) is 6.04 Å². The molecule has 124 valence electrons. The minimum Gasteiger partial charge on any atom is -0.483 e. The molecule has 0 aliphatic carbocycles. The normalized spacial score (nSPS) is 11.0. The van der Waals surface area contributed by atoms with Crippen LogP contribution in [0.5, 0.6) is 5.75 Å². The van der Waals surface area contributed by atoms with Gasteiger partial charge in [0.25, 0.3) is 5.91 Å². The summed E-state index contributed by atoms with van der Waals surface area (Å²) in [4.78, 5) is 16.3. The topological polar surface area (TPSA) is 64.4 Å². The molecule has 1 N–H and O–H groups in total. The first-order chi connectivity index (χ1) is 11.5. The van der Waals surface area contributed by atoms with Crippen molar-refractivity contribution in [3.8, 4) is 17.2 Å². The van der Waals surface area contributed by atoms with Gasteiger partial charge < -0.3 is 14.5 Å². The average Bonchev–Trinajstić information content (AvgIpc) is 2.95. The van der Waals surface area contributed by atoms with Gasteiger partial charge in [-0.15, -0.1) is 0 Å². The molecule has 0 aliphatic rings. The third kappa shape index (κ3) is 3.56. The molecule has 0 bridgehead atoms. The highest BCUT2D eigenvalue weighted by Gasteiger charge is 2.14. The Morgan fingerprint density at radius 2 is 2.04 bits per heavy atom. The van der Waals surface area contributed by atoms with Crippen LogP contribution in [0, 0.1) is 6.92 Å². The second-order valence-corrected chi connectivity index (χ2v) is 6.00. The number of ether oxygens (including phenoxy) is 1. The SMILES string of the molecule is Cc1ccc2nc(-c3ccccc3OCC(=O)NC(C)C)oc2c1. The Bertz CT molecular complexity index is 868. The molecule has 1 aromatic heterocycles. The molecule has 0 unspecified atom stereocenters. The molecule has 0 atom stereocenters. The van der Waals surface area contributed by atoms with Crippen molar-refractivity contribution in [3.05, 3.63) is 48.0 Å². The molecule has 0 spiro atoms. The van der Waals surface area contributed by atoms with E-state index in [-0.39, 0.29) is 18.6 Å². The van der Waals surface area contributed by atoms with Crippen molar-refractivity contribution < 1.29 is 13.9 Å². The Labute approximate surface area is 140 Å². The second kappa shape index (κ2) is 6.74. The van der Waals surface area contributed by atoms with Crippen molar-refractivity contribution in [1.29, 1.82) is 0 Å². The Morgan fingerprint density at radius 3 is 2.83 bits per heavy atom. The molecule has 0 radical (unpaired) electrons. The predicted octanol–water partition coefficient (Wildman–Crippen LogP) is 3.71. The quantitative estimate of drug-likeness (QED) is 0.777. The maximum absolute atomic E-state index is 11.8. The Hall–Kier alpha value is -2.82. The third-order valence-electron chi connectivity index (χ3n) is 3.47. The highest BCUT2D eigenvalue weighted by Crippen LogP contribution is 2.31. The summed E-state index contributed by atoms with van der Waals surface area (Å²) in [6.45, 7) is 5.78. The second-order valence-electron chi connectivity index (χ2n) is 6.00. The summed E-state index contributed by atoms with van der Waals surface area (Å²) in [6, 6.07) is 13.4. The number of benzene rings is 2. The monoisotopic (exact) mass is 324 g/mol. The van der Waals surface area contributed by atoms with E-state index < -0.39 is 0 Å². The molecule has 3 aromatic rings. The minimum atomic E-state index is -0.159. The number of oxazole rings is 1. The van der Waals surface area contributed by atoms with Gasteiger partial charge in [-0.25, -0.2) is 4.98 Å². The fraction of sp³-hybridized carbons (Fsp3) is 0.263. The number of hydrogen-bond acceptors (Lipinski definition) is 4. The molecule has 0 aliphatic heterocycles. The van der Waals surface area contributed by atoms with Gasteiger partial charge in [-0.2, -0.15) is 0 Å². The Morgan fingerprint density at radius 1 is 1.25 bits per heavy atom. The van der Waals surface area contributed by atoms with E-state index in [2.05, 4.69) is 10.3 Å². The standard InChI is InChI=1S/C19H20N2O3/c1-12(2)20-18(22)11-23-16-7-5-4-6-14(16)19-21-15-9-8-13(3)10-17(15)24-19/h4-10,12H,11H2,1-3H3,(H,20,22). The summed E-state index contributed by atoms with van der Waals surface area (Å²) in [5.74, 6) is 0.892. The summed E-state index contributed by atoms with van der Waals surface area (Å²) in [5, 5.41) is 2.80. The lowest BCUT2D eigenvalue weighted by molar-refractivity contribution is -0.123. The van der Waals surface area contributed by atoms with Gasteiger partial charge in [-0.1, -0.05) is 18.2 Å². The molecule has 0 saturated heterocycles. The molecule has 5 heteroatoms. The van der Waals surface area contributed by atoms with Gasteiger partial charge in [-0.3, -0.25) is 4.79 Å². The zero-order valence-corrected chi connectivity index (χ0v) is 14.0. The van der Waals surface area contributed by atoms with Crippen molar-refractivity contribution in [1.82, 2.24) is 10.3 Å². The van der Waals surface area contributed by atoms with Crippen LogP contribution in [0.25, 0.3) is 22.6 Å². The van der Waals surface area contributed by atoms with Crippen LogP contribution >= 0.6 is 0 Å². The van der Waals surface area contributed by atoms with Crippen LogP contribution in [0.1, 0.15) is 19.4 Å². The highest BCUT2D eigenvalue weighted by molar-refractivity contribution is 5.79. The smallest absolute Gasteiger partial charge is 0.258 e. The molecular weight excluding hydrogens is 304 g/mol. The molecular formula is C19H20N2O3. The first-order valence-corrected chi connectivity index (χ1v) is 7.91. The Balaban J connectivity index is 1.86. The molecule has 2 aromatic carbocycles. The van der Waals surface area contributed by atoms with E-state index in [1.165, 1.54) is 0 Å². The van der Waals surface area contributed by atoms with Crippen molar-refractivity contribution in [2.24, 2.45) is 0 Å². The van der Waals surface area contributed by atoms with Gasteiger partial charge in [0.05, 0.1) is 5.56 Å². The van der Waals surface area contributed by atoms with Crippen LogP contribution in [0.15, 0.2) is 46.9 Å². The van der Waals surface area contributed by atoms with E-state index in [1.807, 2.05) is 57.2 Å². The molecule has 0 saturated carbocycles. The number of carbonyl (C=O) groups excluding carboxylic acids is 1. The molecule has 5 nitrogen and oxygen atoms in total. The summed E-state index contributed by atoms with van der Waals surface area (Å²) in [7, 11) is 0. The first-order valence-electron chi connectivity index (χ1n) is 7.91. The summed E-state index contributed by atoms with van der Waals surface area (Å²) < 4.78 is 11.5. The summed E-state index contributed by atoms with van der Waals surface area (Å²) in [5.41, 5.74) is 3.36. The Kier molecular flexibility index (Phi) is 4.51. The number of aromatic nitrogens is 1. The molecule has 1 heterocycles. The van der Waals surface area contributed by atoms with Crippen molar-refractivity contribution in [3.63, 3.8) is 0 Å². The van der Waals surface area contributed by atoms with E-state index in [0.717, 1.165) is 22.2 Å². The van der Waals surface area contributed by atoms with Gasteiger partial charge in [0.15, 0.2) is 12.2 Å². The minimum absolute atomic E-state index is 0.0471. The van der Waals surface area contributed by atoms with E-state index in [1.54, 1.807) is 6.07 Å². The zero-order chi connectivity index (χ0) is 17.1.